The van der Waals surface area contributed by atoms with Crippen molar-refractivity contribution < 1.29 is 31.1 Å². The number of carbonyl (C=O) groups is 1. The summed E-state index contributed by atoms with van der Waals surface area (Å²) in [7, 11) is 0. The lowest BCUT2D eigenvalue weighted by Gasteiger charge is -2.10. The van der Waals surface area contributed by atoms with Crippen molar-refractivity contribution in [3.8, 4) is 21.8 Å². The highest BCUT2D eigenvalue weighted by molar-refractivity contribution is 7.13. The summed E-state index contributed by atoms with van der Waals surface area (Å²) in [5.74, 6) is -0.588. The zero-order valence-corrected chi connectivity index (χ0v) is 17.9. The molecule has 0 aliphatic rings. The smallest absolute Gasteiger partial charge is 0.322 e. The van der Waals surface area contributed by atoms with E-state index in [-0.39, 0.29) is 11.3 Å². The third kappa shape index (κ3) is 5.28. The van der Waals surface area contributed by atoms with Crippen molar-refractivity contribution in [2.75, 3.05) is 5.32 Å². The van der Waals surface area contributed by atoms with Gasteiger partial charge in [0.2, 0.25) is 0 Å². The molecule has 0 bridgehead atoms. The van der Waals surface area contributed by atoms with Gasteiger partial charge in [-0.25, -0.2) is 4.98 Å². The Morgan fingerprint density at radius 2 is 1.38 bits per heavy atom. The third-order valence-corrected chi connectivity index (χ3v) is 5.72. The lowest BCUT2D eigenvalue weighted by atomic mass is 10.1. The molecule has 0 unspecified atom stereocenters. The normalized spacial score (nSPS) is 11.9. The number of benzene rings is 3. The first-order valence-electron chi connectivity index (χ1n) is 9.73. The summed E-state index contributed by atoms with van der Waals surface area (Å²) in [6.07, 6.45) is -8.98. The van der Waals surface area contributed by atoms with Crippen LogP contribution in [0.1, 0.15) is 21.5 Å². The van der Waals surface area contributed by atoms with Crippen molar-refractivity contribution in [1.82, 2.24) is 4.98 Å². The Morgan fingerprint density at radius 3 is 2.03 bits per heavy atom. The summed E-state index contributed by atoms with van der Waals surface area (Å²) in [5.41, 5.74) is -0.0622. The average Bonchev–Trinajstić information content (AvgIpc) is 3.29. The minimum Gasteiger partial charge on any atom is -0.322 e. The van der Waals surface area contributed by atoms with Gasteiger partial charge in [-0.15, -0.1) is 11.3 Å². The molecule has 0 fully saturated rings. The number of aromatic nitrogens is 1. The fourth-order valence-electron chi connectivity index (χ4n) is 3.13. The minimum atomic E-state index is -4.52. The van der Waals surface area contributed by atoms with Crippen LogP contribution in [0.5, 0.6) is 0 Å². The van der Waals surface area contributed by atoms with E-state index in [9.17, 15) is 31.1 Å². The van der Waals surface area contributed by atoms with Crippen LogP contribution < -0.4 is 5.32 Å². The van der Waals surface area contributed by atoms with Gasteiger partial charge in [-0.2, -0.15) is 26.3 Å². The Labute approximate surface area is 193 Å². The van der Waals surface area contributed by atoms with Crippen LogP contribution in [-0.2, 0) is 12.4 Å². The first-order chi connectivity index (χ1) is 16.0. The van der Waals surface area contributed by atoms with Crippen LogP contribution in [0.25, 0.3) is 21.8 Å². The summed E-state index contributed by atoms with van der Waals surface area (Å²) in [4.78, 5) is 16.8. The molecule has 1 amide bonds. The Morgan fingerprint density at radius 1 is 0.765 bits per heavy atom. The fraction of sp³-hybridized carbons (Fsp3) is 0.0833. The number of thiazole rings is 1. The van der Waals surface area contributed by atoms with Crippen molar-refractivity contribution in [3.05, 3.63) is 94.9 Å². The number of alkyl halides is 6. The predicted octanol–water partition coefficient (Wildman–Crippen LogP) is 7.77. The quantitative estimate of drug-likeness (QED) is 0.296. The lowest BCUT2D eigenvalue weighted by Crippen LogP contribution is -2.13. The SMILES string of the molecule is O=C(Nc1cccc(C(F)(F)F)c1)c1ccc(-c2nc(-c3cccc(C(F)(F)F)c3)cs2)cc1. The number of amides is 1. The molecular weight excluding hydrogens is 478 g/mol. The summed E-state index contributed by atoms with van der Waals surface area (Å²) in [6.45, 7) is 0. The van der Waals surface area contributed by atoms with Crippen LogP contribution in [0.4, 0.5) is 32.0 Å². The molecule has 0 saturated carbocycles. The van der Waals surface area contributed by atoms with Crippen molar-refractivity contribution in [2.24, 2.45) is 0 Å². The Balaban J connectivity index is 1.50. The maximum Gasteiger partial charge on any atom is 0.416 e. The van der Waals surface area contributed by atoms with Gasteiger partial charge in [0.05, 0.1) is 16.8 Å². The van der Waals surface area contributed by atoms with Gasteiger partial charge in [-0.3, -0.25) is 4.79 Å². The largest absolute Gasteiger partial charge is 0.416 e. The van der Waals surface area contributed by atoms with E-state index in [4.69, 9.17) is 0 Å². The van der Waals surface area contributed by atoms with Crippen LogP contribution in [0.15, 0.2) is 78.2 Å². The van der Waals surface area contributed by atoms with E-state index in [1.807, 2.05) is 0 Å². The van der Waals surface area contributed by atoms with E-state index < -0.39 is 29.4 Å². The molecule has 0 atom stereocenters. The first-order valence-corrected chi connectivity index (χ1v) is 10.6. The Hall–Kier alpha value is -3.66. The Bertz CT molecular complexity index is 1330. The second-order valence-corrected chi connectivity index (χ2v) is 8.08. The Kier molecular flexibility index (Phi) is 6.18. The minimum absolute atomic E-state index is 0.00885. The van der Waals surface area contributed by atoms with Crippen LogP contribution in [0.2, 0.25) is 0 Å². The molecule has 0 spiro atoms. The van der Waals surface area contributed by atoms with Crippen molar-refractivity contribution in [1.29, 1.82) is 0 Å². The van der Waals surface area contributed by atoms with Crippen LogP contribution in [-0.4, -0.2) is 10.9 Å². The highest BCUT2D eigenvalue weighted by Crippen LogP contribution is 2.34. The van der Waals surface area contributed by atoms with Crippen molar-refractivity contribution in [2.45, 2.75) is 12.4 Å². The summed E-state index contributed by atoms with van der Waals surface area (Å²) in [5, 5.41) is 4.61. The van der Waals surface area contributed by atoms with Gasteiger partial charge in [0.1, 0.15) is 5.01 Å². The molecule has 34 heavy (non-hydrogen) atoms. The summed E-state index contributed by atoms with van der Waals surface area (Å²) >= 11 is 1.23. The van der Waals surface area contributed by atoms with Gasteiger partial charge in [0.25, 0.3) is 5.91 Å². The fourth-order valence-corrected chi connectivity index (χ4v) is 3.97. The van der Waals surface area contributed by atoms with Gasteiger partial charge in [-0.1, -0.05) is 30.3 Å². The maximum absolute atomic E-state index is 13.0. The number of carbonyl (C=O) groups excluding carboxylic acids is 1. The zero-order chi connectivity index (χ0) is 24.5. The van der Waals surface area contributed by atoms with Gasteiger partial charge in [0, 0.05) is 27.8 Å². The average molecular weight is 492 g/mol. The third-order valence-electron chi connectivity index (χ3n) is 4.83. The molecule has 10 heteroatoms. The van der Waals surface area contributed by atoms with E-state index in [1.165, 1.54) is 47.7 Å². The lowest BCUT2D eigenvalue weighted by molar-refractivity contribution is -0.138. The zero-order valence-electron chi connectivity index (χ0n) is 17.0. The topological polar surface area (TPSA) is 42.0 Å². The van der Waals surface area contributed by atoms with E-state index in [0.717, 1.165) is 24.3 Å². The highest BCUT2D eigenvalue weighted by atomic mass is 32.1. The number of anilines is 1. The number of hydrogen-bond donors (Lipinski definition) is 1. The van der Waals surface area contributed by atoms with Crippen LogP contribution in [0, 0.1) is 0 Å². The number of nitrogens with one attached hydrogen (secondary N) is 1. The second-order valence-electron chi connectivity index (χ2n) is 7.23. The first kappa shape index (κ1) is 23.5. The van der Waals surface area contributed by atoms with Crippen molar-refractivity contribution >= 4 is 22.9 Å². The number of halogens is 6. The predicted molar refractivity (Wildman–Crippen MR) is 117 cm³/mol. The number of rotatable bonds is 4. The molecule has 3 aromatic carbocycles. The number of hydrogen-bond acceptors (Lipinski definition) is 3. The molecule has 1 heterocycles. The molecule has 0 saturated heterocycles. The van der Waals surface area contributed by atoms with E-state index in [1.54, 1.807) is 17.5 Å². The van der Waals surface area contributed by atoms with E-state index in [2.05, 4.69) is 10.3 Å². The standard InChI is InChI=1S/C24H14F6N2OS/c25-23(26,27)17-4-1-3-16(11-17)20-13-34-22(32-20)15-9-7-14(8-10-15)21(33)31-19-6-2-5-18(12-19)24(28,29)30/h1-13H,(H,31,33). The summed E-state index contributed by atoms with van der Waals surface area (Å²) < 4.78 is 77.4. The van der Waals surface area contributed by atoms with Gasteiger partial charge < -0.3 is 5.32 Å². The monoisotopic (exact) mass is 492 g/mol. The molecule has 4 aromatic rings. The molecule has 1 N–H and O–H groups in total. The van der Waals surface area contributed by atoms with Crippen molar-refractivity contribution in [3.63, 3.8) is 0 Å². The van der Waals surface area contributed by atoms with Gasteiger partial charge >= 0.3 is 12.4 Å². The second kappa shape index (κ2) is 8.94. The van der Waals surface area contributed by atoms with E-state index in [0.29, 0.717) is 21.8 Å². The van der Waals surface area contributed by atoms with E-state index >= 15 is 0 Å². The van der Waals surface area contributed by atoms with Crippen LogP contribution in [0.3, 0.4) is 0 Å². The molecular formula is C24H14F6N2OS. The molecule has 4 rings (SSSR count). The summed E-state index contributed by atoms with van der Waals surface area (Å²) in [6, 6.07) is 15.4. The molecule has 3 nitrogen and oxygen atoms in total. The molecule has 1 aromatic heterocycles. The van der Waals surface area contributed by atoms with Gasteiger partial charge in [-0.05, 0) is 42.5 Å². The molecule has 0 radical (unpaired) electrons. The molecule has 0 aliphatic carbocycles. The van der Waals surface area contributed by atoms with Crippen LogP contribution >= 0.6 is 11.3 Å². The highest BCUT2D eigenvalue weighted by Gasteiger charge is 2.31. The number of nitrogens with zero attached hydrogens (tertiary/aromatic N) is 1. The van der Waals surface area contributed by atoms with Gasteiger partial charge in [0.15, 0.2) is 0 Å². The molecule has 0 aliphatic heterocycles. The molecule has 174 valence electrons. The maximum atomic E-state index is 13.0.